The van der Waals surface area contributed by atoms with Crippen LogP contribution in [0.4, 0.5) is 0 Å². The van der Waals surface area contributed by atoms with Gasteiger partial charge in [-0.05, 0) is 50.2 Å². The second-order valence-corrected chi connectivity index (χ2v) is 17.2. The van der Waals surface area contributed by atoms with Crippen molar-refractivity contribution >= 4 is 40.0 Å². The molecule has 0 aliphatic rings. The van der Waals surface area contributed by atoms with Gasteiger partial charge in [-0.25, -0.2) is 0 Å². The fraction of sp³-hybridized carbons (Fsp3) is 0.100. The van der Waals surface area contributed by atoms with Crippen LogP contribution in [0.5, 0.6) is 23.0 Å². The molecule has 0 spiro atoms. The Bertz CT molecular complexity index is 712. The summed E-state index contributed by atoms with van der Waals surface area (Å²) in [6, 6.07) is 23.6. The first-order valence-electron chi connectivity index (χ1n) is 7.62. The van der Waals surface area contributed by atoms with Crippen molar-refractivity contribution in [3.63, 3.8) is 0 Å². The molecule has 129 valence electrons. The number of hydrogen-bond acceptors (Lipinski definition) is 2. The number of hydrogen-bond donors (Lipinski definition) is 0. The Morgan fingerprint density at radius 3 is 1.32 bits per heavy atom. The van der Waals surface area contributed by atoms with E-state index in [1.807, 2.05) is 72.8 Å². The number of benzene rings is 3. The van der Waals surface area contributed by atoms with Gasteiger partial charge in [0.15, 0.2) is 0 Å². The summed E-state index contributed by atoms with van der Waals surface area (Å²) in [4.78, 5) is 0. The molecule has 3 aromatic carbocycles. The van der Waals surface area contributed by atoms with Crippen LogP contribution in [0.15, 0.2) is 72.8 Å². The average molecular weight is 595 g/mol. The van der Waals surface area contributed by atoms with Crippen LogP contribution in [0.2, 0.25) is 0 Å². The van der Waals surface area contributed by atoms with Gasteiger partial charge in [0.2, 0.25) is 0 Å². The summed E-state index contributed by atoms with van der Waals surface area (Å²) < 4.78 is 11.7. The standard InChI is InChI=1S/C20H18O2.2HI.V/c1-15-6-10-17(11-7-15)21-19-4-3-5-20(14-19)22-18-12-8-16(2)9-13-18;;;/h3-14H,1-2H3;2*1H;/q;;;+2/p-2. The van der Waals surface area contributed by atoms with E-state index in [0.717, 1.165) is 23.0 Å². The molecular formula is C20H18I2O2V. The number of halogens is 2. The zero-order valence-corrected chi connectivity index (χ0v) is 19.7. The fourth-order valence-corrected chi connectivity index (χ4v) is 2.09. The van der Waals surface area contributed by atoms with E-state index in [-0.39, 0.29) is 0 Å². The van der Waals surface area contributed by atoms with Gasteiger partial charge in [-0.2, -0.15) is 0 Å². The quantitative estimate of drug-likeness (QED) is 0.289. The molecule has 3 aromatic rings. The van der Waals surface area contributed by atoms with Crippen LogP contribution in [-0.4, -0.2) is 0 Å². The van der Waals surface area contributed by atoms with Gasteiger partial charge in [-0.1, -0.05) is 41.5 Å². The minimum absolute atomic E-state index is 0.628. The number of aryl methyl sites for hydroxylation is 2. The summed E-state index contributed by atoms with van der Waals surface area (Å²) in [7, 11) is 0.628. The summed E-state index contributed by atoms with van der Waals surface area (Å²) in [5, 5.41) is 0. The van der Waals surface area contributed by atoms with Crippen molar-refractivity contribution in [2.45, 2.75) is 13.8 Å². The Kier molecular flexibility index (Phi) is 9.16. The van der Waals surface area contributed by atoms with Gasteiger partial charge in [-0.15, -0.1) is 0 Å². The molecule has 25 heavy (non-hydrogen) atoms. The third-order valence-corrected chi connectivity index (χ3v) is 3.32. The topological polar surface area (TPSA) is 18.5 Å². The van der Waals surface area contributed by atoms with Gasteiger partial charge in [0.25, 0.3) is 0 Å². The van der Waals surface area contributed by atoms with E-state index in [4.69, 9.17) is 9.47 Å². The van der Waals surface area contributed by atoms with E-state index in [2.05, 4.69) is 53.8 Å². The van der Waals surface area contributed by atoms with Crippen molar-refractivity contribution in [3.05, 3.63) is 83.9 Å². The molecule has 0 heterocycles. The van der Waals surface area contributed by atoms with Crippen LogP contribution in [-0.2, 0) is 9.47 Å². The van der Waals surface area contributed by atoms with Crippen molar-refractivity contribution < 1.29 is 18.9 Å². The van der Waals surface area contributed by atoms with E-state index < -0.39 is 0 Å². The molecule has 0 aromatic heterocycles. The van der Waals surface area contributed by atoms with Gasteiger partial charge < -0.3 is 9.47 Å². The fourth-order valence-electron chi connectivity index (χ4n) is 2.09. The van der Waals surface area contributed by atoms with Crippen LogP contribution < -0.4 is 9.47 Å². The minimum atomic E-state index is 0.628. The Labute approximate surface area is 178 Å². The predicted molar refractivity (Wildman–Crippen MR) is 117 cm³/mol. The van der Waals surface area contributed by atoms with Crippen molar-refractivity contribution in [2.24, 2.45) is 0 Å². The molecule has 3 rings (SSSR count). The molecule has 0 atom stereocenters. The van der Waals surface area contributed by atoms with Gasteiger partial charge in [0, 0.05) is 6.07 Å². The van der Waals surface area contributed by atoms with E-state index in [1.54, 1.807) is 0 Å². The monoisotopic (exact) mass is 595 g/mol. The maximum absolute atomic E-state index is 5.85. The normalized spacial score (nSPS) is 9.60. The second kappa shape index (κ2) is 11.1. The Hall–Kier alpha value is -0.696. The van der Waals surface area contributed by atoms with Crippen molar-refractivity contribution in [3.8, 4) is 23.0 Å². The first-order chi connectivity index (χ1) is 12.1. The zero-order valence-electron chi connectivity index (χ0n) is 13.9. The van der Waals surface area contributed by atoms with E-state index >= 15 is 0 Å². The first kappa shape index (κ1) is 20.6. The van der Waals surface area contributed by atoms with Crippen molar-refractivity contribution in [1.29, 1.82) is 0 Å². The second-order valence-electron chi connectivity index (χ2n) is 5.37. The molecule has 0 N–H and O–H groups in total. The first-order valence-corrected chi connectivity index (χ1v) is 16.6. The average Bonchev–Trinajstić information content (AvgIpc) is 2.60. The number of ether oxygens (including phenoxy) is 2. The summed E-state index contributed by atoms with van der Waals surface area (Å²) in [6.07, 6.45) is 0. The third-order valence-electron chi connectivity index (χ3n) is 3.32. The van der Waals surface area contributed by atoms with Gasteiger partial charge in [0.05, 0.1) is 0 Å². The Morgan fingerprint density at radius 1 is 0.600 bits per heavy atom. The molecular weight excluding hydrogens is 577 g/mol. The van der Waals surface area contributed by atoms with Crippen LogP contribution in [0.3, 0.4) is 0 Å². The predicted octanol–water partition coefficient (Wildman–Crippen LogP) is 7.66. The molecule has 0 unspecified atom stereocenters. The molecule has 0 saturated carbocycles. The van der Waals surface area contributed by atoms with Crippen LogP contribution in [0.25, 0.3) is 0 Å². The molecule has 0 aliphatic heterocycles. The van der Waals surface area contributed by atoms with E-state index in [0.29, 0.717) is 9.47 Å². The Morgan fingerprint density at radius 2 is 0.960 bits per heavy atom. The van der Waals surface area contributed by atoms with Crippen molar-refractivity contribution in [2.75, 3.05) is 0 Å². The van der Waals surface area contributed by atoms with Gasteiger partial charge in [-0.3, -0.25) is 0 Å². The maximum atomic E-state index is 5.85. The van der Waals surface area contributed by atoms with Crippen molar-refractivity contribution in [1.82, 2.24) is 0 Å². The third kappa shape index (κ3) is 7.60. The van der Waals surface area contributed by atoms with Gasteiger partial charge in [0.1, 0.15) is 23.0 Å². The molecule has 0 fully saturated rings. The van der Waals surface area contributed by atoms with E-state index in [1.165, 1.54) is 11.1 Å². The molecule has 0 aliphatic carbocycles. The number of rotatable bonds is 4. The van der Waals surface area contributed by atoms with Crippen LogP contribution >= 0.6 is 40.0 Å². The van der Waals surface area contributed by atoms with Crippen LogP contribution in [0, 0.1) is 13.8 Å². The molecule has 0 amide bonds. The molecule has 5 heteroatoms. The molecule has 0 bridgehead atoms. The summed E-state index contributed by atoms with van der Waals surface area (Å²) >= 11 is 4.74. The molecule has 0 saturated heterocycles. The summed E-state index contributed by atoms with van der Waals surface area (Å²) in [5.41, 5.74) is 2.42. The Balaban J connectivity index is 0.000000701. The SMILES string of the molecule is Cc1ccc(Oc2cccc(Oc3ccc(C)cc3)c2)cc1.[I][V][I]. The molecule has 2 nitrogen and oxygen atoms in total. The zero-order chi connectivity index (χ0) is 18.1. The summed E-state index contributed by atoms with van der Waals surface area (Å²) in [6.45, 7) is 4.11. The van der Waals surface area contributed by atoms with E-state index in [9.17, 15) is 0 Å². The van der Waals surface area contributed by atoms with Crippen LogP contribution in [0.1, 0.15) is 11.1 Å². The van der Waals surface area contributed by atoms with Gasteiger partial charge >= 0.3 is 49.4 Å². The summed E-state index contributed by atoms with van der Waals surface area (Å²) in [5.74, 6) is 3.15. The molecule has 0 radical (unpaired) electrons.